The first kappa shape index (κ1) is 27.2. The quantitative estimate of drug-likeness (QED) is 0.195. The monoisotopic (exact) mass is 561 g/mol. The molecule has 0 aliphatic rings. The molecule has 0 radical (unpaired) electrons. The van der Waals surface area contributed by atoms with Gasteiger partial charge in [0.2, 0.25) is 0 Å². The van der Waals surface area contributed by atoms with Crippen LogP contribution in [-0.2, 0) is 0 Å². The number of nitrogens with zero attached hydrogens (tertiary/aromatic N) is 1. The Morgan fingerprint density at radius 1 is 0.619 bits per heavy atom. The minimum atomic E-state index is 0.495. The number of allylic oxidation sites excluding steroid dienone is 1. The average molecular weight is 562 g/mol. The van der Waals surface area contributed by atoms with Crippen LogP contribution in [0.25, 0.3) is 43.5 Å². The number of aromatic nitrogens is 1. The molecule has 0 saturated heterocycles. The number of fused-ring (bicyclic) bond motifs is 3. The molecule has 0 fully saturated rings. The fraction of sp³-hybridized carbons (Fsp3) is 0.0263. The minimum absolute atomic E-state index is 0.495. The van der Waals surface area contributed by atoms with E-state index in [1.807, 2.05) is 54.6 Å². The Balaban J connectivity index is 0.00000155. The molecule has 2 heterocycles. The van der Waals surface area contributed by atoms with Crippen LogP contribution in [0.1, 0.15) is 16.7 Å². The zero-order valence-electron chi connectivity index (χ0n) is 23.4. The van der Waals surface area contributed by atoms with Gasteiger partial charge < -0.3 is 15.7 Å². The molecule has 0 atom stereocenters. The SMILES string of the molecule is CN.N=C(/C=C(/c1ccccc1)c1ccc(-n2c3ccc(-c4ccccc4)cc3c3ccsc32)cc1)c1ccccc1. The Labute approximate surface area is 250 Å². The Morgan fingerprint density at radius 2 is 1.21 bits per heavy atom. The van der Waals surface area contributed by atoms with Gasteiger partial charge in [0.25, 0.3) is 0 Å². The van der Waals surface area contributed by atoms with Crippen molar-refractivity contribution in [1.82, 2.24) is 4.57 Å². The lowest BCUT2D eigenvalue weighted by Gasteiger charge is -2.12. The molecular formula is C38H31N3S. The van der Waals surface area contributed by atoms with E-state index in [1.54, 1.807) is 11.3 Å². The van der Waals surface area contributed by atoms with Crippen molar-refractivity contribution in [2.75, 3.05) is 7.05 Å². The van der Waals surface area contributed by atoms with Gasteiger partial charge >= 0.3 is 0 Å². The van der Waals surface area contributed by atoms with Gasteiger partial charge in [0, 0.05) is 16.5 Å². The minimum Gasteiger partial charge on any atom is -0.333 e. The summed E-state index contributed by atoms with van der Waals surface area (Å²) in [6.45, 7) is 0. The van der Waals surface area contributed by atoms with Crippen molar-refractivity contribution in [2.24, 2.45) is 5.73 Å². The molecule has 0 spiro atoms. The highest BCUT2D eigenvalue weighted by Crippen LogP contribution is 2.38. The summed E-state index contributed by atoms with van der Waals surface area (Å²) < 4.78 is 2.37. The maximum absolute atomic E-state index is 8.78. The van der Waals surface area contributed by atoms with Crippen molar-refractivity contribution in [3.05, 3.63) is 168 Å². The molecular weight excluding hydrogens is 531 g/mol. The van der Waals surface area contributed by atoms with E-state index in [1.165, 1.54) is 39.3 Å². The average Bonchev–Trinajstić information content (AvgIpc) is 3.67. The predicted octanol–water partition coefficient (Wildman–Crippen LogP) is 9.59. The number of nitrogens with two attached hydrogens (primary N) is 1. The zero-order valence-corrected chi connectivity index (χ0v) is 24.2. The second-order valence-corrected chi connectivity index (χ2v) is 10.7. The summed E-state index contributed by atoms with van der Waals surface area (Å²) in [5.41, 5.74) is 13.9. The van der Waals surface area contributed by atoms with Gasteiger partial charge in [-0.05, 0) is 82.2 Å². The van der Waals surface area contributed by atoms with E-state index in [0.29, 0.717) is 5.71 Å². The molecule has 3 nitrogen and oxygen atoms in total. The molecule has 7 aromatic rings. The second kappa shape index (κ2) is 12.2. The summed E-state index contributed by atoms with van der Waals surface area (Å²) >= 11 is 1.77. The molecule has 42 heavy (non-hydrogen) atoms. The summed E-state index contributed by atoms with van der Waals surface area (Å²) in [5.74, 6) is 0. The van der Waals surface area contributed by atoms with Crippen LogP contribution in [-0.4, -0.2) is 17.3 Å². The molecule has 5 aromatic carbocycles. The Bertz CT molecular complexity index is 1980. The first-order chi connectivity index (χ1) is 20.8. The topological polar surface area (TPSA) is 54.8 Å². The molecule has 2 aromatic heterocycles. The van der Waals surface area contributed by atoms with Crippen LogP contribution in [0.5, 0.6) is 0 Å². The number of hydrogen-bond donors (Lipinski definition) is 2. The van der Waals surface area contributed by atoms with Gasteiger partial charge in [-0.2, -0.15) is 0 Å². The molecule has 3 N–H and O–H groups in total. The number of benzene rings is 5. The third kappa shape index (κ3) is 5.21. The Kier molecular flexibility index (Phi) is 7.91. The lowest BCUT2D eigenvalue weighted by atomic mass is 9.95. The Morgan fingerprint density at radius 3 is 1.88 bits per heavy atom. The van der Waals surface area contributed by atoms with Gasteiger partial charge in [0.05, 0.1) is 11.2 Å². The van der Waals surface area contributed by atoms with Crippen molar-refractivity contribution in [1.29, 1.82) is 5.41 Å². The van der Waals surface area contributed by atoms with Crippen LogP contribution in [0.4, 0.5) is 0 Å². The van der Waals surface area contributed by atoms with E-state index in [0.717, 1.165) is 28.0 Å². The van der Waals surface area contributed by atoms with Gasteiger partial charge in [-0.1, -0.05) is 109 Å². The highest BCUT2D eigenvalue weighted by molar-refractivity contribution is 7.17. The second-order valence-electron chi connectivity index (χ2n) is 9.82. The van der Waals surface area contributed by atoms with Gasteiger partial charge in [-0.3, -0.25) is 0 Å². The first-order valence-electron chi connectivity index (χ1n) is 13.9. The normalized spacial score (nSPS) is 11.3. The molecule has 0 saturated carbocycles. The summed E-state index contributed by atoms with van der Waals surface area (Å²) in [6.07, 6.45) is 1.98. The zero-order chi connectivity index (χ0) is 28.9. The van der Waals surface area contributed by atoms with Crippen LogP contribution < -0.4 is 5.73 Å². The molecule has 7 rings (SSSR count). The molecule has 0 bridgehead atoms. The van der Waals surface area contributed by atoms with Crippen LogP contribution >= 0.6 is 11.3 Å². The summed E-state index contributed by atoms with van der Waals surface area (Å²) in [7, 11) is 1.50. The predicted molar refractivity (Wildman–Crippen MR) is 181 cm³/mol. The van der Waals surface area contributed by atoms with Crippen molar-refractivity contribution in [3.63, 3.8) is 0 Å². The number of hydrogen-bond acceptors (Lipinski definition) is 3. The third-order valence-corrected chi connectivity index (χ3v) is 8.28. The molecule has 0 aliphatic heterocycles. The van der Waals surface area contributed by atoms with Gasteiger partial charge in [-0.15, -0.1) is 11.3 Å². The summed E-state index contributed by atoms with van der Waals surface area (Å²) in [4.78, 5) is 1.25. The summed E-state index contributed by atoms with van der Waals surface area (Å²) in [6, 6.07) is 48.6. The molecule has 0 unspecified atom stereocenters. The number of thiophene rings is 1. The molecule has 0 aliphatic carbocycles. The highest BCUT2D eigenvalue weighted by Gasteiger charge is 2.15. The van der Waals surface area contributed by atoms with E-state index < -0.39 is 0 Å². The fourth-order valence-corrected chi connectivity index (χ4v) is 6.34. The lowest BCUT2D eigenvalue weighted by molar-refractivity contribution is 1.19. The molecule has 204 valence electrons. The molecule has 0 amide bonds. The van der Waals surface area contributed by atoms with Crippen molar-refractivity contribution >= 4 is 43.7 Å². The van der Waals surface area contributed by atoms with E-state index in [-0.39, 0.29) is 0 Å². The van der Waals surface area contributed by atoms with Crippen LogP contribution in [0.15, 0.2) is 151 Å². The van der Waals surface area contributed by atoms with E-state index >= 15 is 0 Å². The largest absolute Gasteiger partial charge is 0.333 e. The smallest absolute Gasteiger partial charge is 0.108 e. The first-order valence-corrected chi connectivity index (χ1v) is 14.8. The van der Waals surface area contributed by atoms with Gasteiger partial charge in [-0.25, -0.2) is 0 Å². The van der Waals surface area contributed by atoms with E-state index in [4.69, 9.17) is 5.41 Å². The van der Waals surface area contributed by atoms with Crippen LogP contribution in [0.3, 0.4) is 0 Å². The third-order valence-electron chi connectivity index (χ3n) is 7.38. The maximum Gasteiger partial charge on any atom is 0.108 e. The number of rotatable bonds is 6. The van der Waals surface area contributed by atoms with E-state index in [2.05, 4.69) is 107 Å². The standard InChI is InChI=1S/C37H26N2S.CH5N/c38-35(29-14-8-3-9-15-29)25-33(27-12-6-2-7-13-27)28-16-19-31(20-17-28)39-36-21-18-30(26-10-4-1-5-11-26)24-34(36)32-22-23-40-37(32)39;1-2/h1-25,38H;2H2,1H3/b33-25-,38-35?;. The van der Waals surface area contributed by atoms with Gasteiger partial charge in [0.1, 0.15) is 4.83 Å². The van der Waals surface area contributed by atoms with Crippen molar-refractivity contribution in [2.45, 2.75) is 0 Å². The van der Waals surface area contributed by atoms with Crippen LogP contribution in [0, 0.1) is 5.41 Å². The van der Waals surface area contributed by atoms with Crippen LogP contribution in [0.2, 0.25) is 0 Å². The van der Waals surface area contributed by atoms with Crippen molar-refractivity contribution < 1.29 is 0 Å². The van der Waals surface area contributed by atoms with Crippen molar-refractivity contribution in [3.8, 4) is 16.8 Å². The van der Waals surface area contributed by atoms with Gasteiger partial charge in [0.15, 0.2) is 0 Å². The number of nitrogens with one attached hydrogen (secondary N) is 1. The summed E-state index contributed by atoms with van der Waals surface area (Å²) in [5, 5.41) is 13.5. The highest BCUT2D eigenvalue weighted by atomic mass is 32.1. The maximum atomic E-state index is 8.78. The molecule has 4 heteroatoms. The Hall–Kier alpha value is -5.03. The lowest BCUT2D eigenvalue weighted by Crippen LogP contribution is -1.98. The van der Waals surface area contributed by atoms with E-state index in [9.17, 15) is 0 Å². The fourth-order valence-electron chi connectivity index (χ4n) is 5.39.